The van der Waals surface area contributed by atoms with E-state index in [-0.39, 0.29) is 17.7 Å². The van der Waals surface area contributed by atoms with Gasteiger partial charge in [0.1, 0.15) is 0 Å². The maximum atomic E-state index is 12.3. The van der Waals surface area contributed by atoms with Crippen molar-refractivity contribution in [1.29, 1.82) is 0 Å². The van der Waals surface area contributed by atoms with Gasteiger partial charge in [0.2, 0.25) is 5.91 Å². The smallest absolute Gasteiger partial charge is 0.307 e. The minimum atomic E-state index is -0.856. The lowest BCUT2D eigenvalue weighted by Gasteiger charge is -2.23. The summed E-state index contributed by atoms with van der Waals surface area (Å²) in [6, 6.07) is 0. The van der Waals surface area contributed by atoms with Crippen LogP contribution in [0.5, 0.6) is 0 Å². The number of amides is 1. The number of hydrogen-bond acceptors (Lipinski definition) is 3. The number of hydrogen-bond donors (Lipinski definition) is 2. The number of carboxylic acids is 1. The molecule has 1 aromatic heterocycles. The Labute approximate surface area is 122 Å². The lowest BCUT2D eigenvalue weighted by molar-refractivity contribution is -0.147. The van der Waals surface area contributed by atoms with Crippen LogP contribution in [-0.2, 0) is 16.1 Å². The van der Waals surface area contributed by atoms with Gasteiger partial charge in [-0.2, -0.15) is 0 Å². The molecule has 0 spiro atoms. The van der Waals surface area contributed by atoms with E-state index in [4.69, 9.17) is 0 Å². The quantitative estimate of drug-likeness (QED) is 0.602. The van der Waals surface area contributed by atoms with Gasteiger partial charge in [-0.1, -0.05) is 12.2 Å². The zero-order valence-corrected chi connectivity index (χ0v) is 11.7. The summed E-state index contributed by atoms with van der Waals surface area (Å²) in [5.74, 6) is -1.84. The van der Waals surface area contributed by atoms with Gasteiger partial charge in [0, 0.05) is 25.5 Å². The van der Waals surface area contributed by atoms with E-state index in [1.165, 1.54) is 0 Å². The molecule has 4 atom stereocenters. The number of nitrogens with zero attached hydrogens (tertiary/aromatic N) is 2. The molecule has 0 unspecified atom stereocenters. The topological polar surface area (TPSA) is 84.2 Å². The largest absolute Gasteiger partial charge is 0.481 e. The average molecular weight is 289 g/mol. The fourth-order valence-corrected chi connectivity index (χ4v) is 3.53. The van der Waals surface area contributed by atoms with Crippen molar-refractivity contribution in [3.05, 3.63) is 30.9 Å². The molecule has 0 radical (unpaired) electrons. The second-order valence-corrected chi connectivity index (χ2v) is 5.78. The van der Waals surface area contributed by atoms with Gasteiger partial charge in [0.25, 0.3) is 0 Å². The lowest BCUT2D eigenvalue weighted by Crippen LogP contribution is -2.40. The van der Waals surface area contributed by atoms with E-state index in [1.807, 2.05) is 22.9 Å². The molecule has 2 bridgehead atoms. The number of imidazole rings is 1. The first-order valence-electron chi connectivity index (χ1n) is 7.31. The molecule has 1 saturated carbocycles. The molecule has 2 aliphatic carbocycles. The van der Waals surface area contributed by atoms with Crippen molar-refractivity contribution in [2.75, 3.05) is 6.54 Å². The maximum Gasteiger partial charge on any atom is 0.307 e. The molecule has 0 saturated heterocycles. The summed E-state index contributed by atoms with van der Waals surface area (Å²) in [6.07, 6.45) is 10.9. The molecule has 0 aromatic carbocycles. The third-order valence-electron chi connectivity index (χ3n) is 4.50. The van der Waals surface area contributed by atoms with E-state index in [9.17, 15) is 14.7 Å². The molecule has 1 amide bonds. The fourth-order valence-electron chi connectivity index (χ4n) is 3.53. The predicted octanol–water partition coefficient (Wildman–Crippen LogP) is 0.912. The van der Waals surface area contributed by atoms with Crippen LogP contribution in [0, 0.1) is 23.7 Å². The molecule has 1 aromatic rings. The molecule has 2 N–H and O–H groups in total. The summed E-state index contributed by atoms with van der Waals surface area (Å²) in [6.45, 7) is 1.35. The average Bonchev–Trinajstić information content (AvgIpc) is 3.18. The predicted molar refractivity (Wildman–Crippen MR) is 75.2 cm³/mol. The van der Waals surface area contributed by atoms with Crippen LogP contribution in [0.15, 0.2) is 30.9 Å². The van der Waals surface area contributed by atoms with E-state index in [1.54, 1.807) is 12.5 Å². The summed E-state index contributed by atoms with van der Waals surface area (Å²) < 4.78 is 1.95. The maximum absolute atomic E-state index is 12.3. The van der Waals surface area contributed by atoms with Crippen LogP contribution in [0.25, 0.3) is 0 Å². The number of rotatable bonds is 6. The van der Waals surface area contributed by atoms with Crippen LogP contribution in [0.3, 0.4) is 0 Å². The Bertz CT molecular complexity index is 553. The van der Waals surface area contributed by atoms with E-state index >= 15 is 0 Å². The first-order valence-corrected chi connectivity index (χ1v) is 7.31. The number of carbonyl (C=O) groups excluding carboxylic acids is 1. The summed E-state index contributed by atoms with van der Waals surface area (Å²) in [7, 11) is 0. The highest BCUT2D eigenvalue weighted by Gasteiger charge is 2.51. The number of nitrogens with one attached hydrogen (secondary N) is 1. The number of aryl methyl sites for hydroxylation is 1. The highest BCUT2D eigenvalue weighted by Crippen LogP contribution is 2.48. The van der Waals surface area contributed by atoms with Crippen molar-refractivity contribution in [2.24, 2.45) is 23.7 Å². The van der Waals surface area contributed by atoms with E-state index in [0.717, 1.165) is 19.4 Å². The van der Waals surface area contributed by atoms with Crippen LogP contribution < -0.4 is 5.32 Å². The van der Waals surface area contributed by atoms with Crippen LogP contribution in [0.4, 0.5) is 0 Å². The van der Waals surface area contributed by atoms with Crippen molar-refractivity contribution in [1.82, 2.24) is 14.9 Å². The molecule has 6 nitrogen and oxygen atoms in total. The van der Waals surface area contributed by atoms with Gasteiger partial charge < -0.3 is 15.0 Å². The van der Waals surface area contributed by atoms with Gasteiger partial charge in [0.15, 0.2) is 0 Å². The van der Waals surface area contributed by atoms with Crippen molar-refractivity contribution in [2.45, 2.75) is 19.4 Å². The van der Waals surface area contributed by atoms with Crippen LogP contribution in [-0.4, -0.2) is 33.1 Å². The Balaban J connectivity index is 1.51. The van der Waals surface area contributed by atoms with Crippen molar-refractivity contribution < 1.29 is 14.7 Å². The van der Waals surface area contributed by atoms with E-state index < -0.39 is 17.8 Å². The highest BCUT2D eigenvalue weighted by molar-refractivity contribution is 5.86. The monoisotopic (exact) mass is 289 g/mol. The molecule has 0 aliphatic heterocycles. The van der Waals surface area contributed by atoms with Crippen LogP contribution in [0.1, 0.15) is 12.8 Å². The second-order valence-electron chi connectivity index (χ2n) is 5.78. The molecule has 21 heavy (non-hydrogen) atoms. The van der Waals surface area contributed by atoms with Gasteiger partial charge in [-0.25, -0.2) is 4.98 Å². The van der Waals surface area contributed by atoms with Crippen molar-refractivity contribution in [3.63, 3.8) is 0 Å². The van der Waals surface area contributed by atoms with Crippen molar-refractivity contribution >= 4 is 11.9 Å². The standard InChI is InChI=1S/C15H19N3O3/c19-14(17-4-1-6-18-7-5-16-9-18)12-10-2-3-11(8-10)13(12)15(20)21/h2-3,5,7,9-13H,1,4,6,8H2,(H,17,19)(H,20,21)/t10-,11+,12-,13+/m0/s1. The minimum absolute atomic E-state index is 0.0224. The molecule has 3 rings (SSSR count). The van der Waals surface area contributed by atoms with Crippen LogP contribution in [0.2, 0.25) is 0 Å². The molecule has 1 fully saturated rings. The minimum Gasteiger partial charge on any atom is -0.481 e. The molecule has 112 valence electrons. The molecular formula is C15H19N3O3. The number of aliphatic carboxylic acids is 1. The highest BCUT2D eigenvalue weighted by atomic mass is 16.4. The summed E-state index contributed by atoms with van der Waals surface area (Å²) in [5, 5.41) is 12.2. The Morgan fingerprint density at radius 2 is 2.05 bits per heavy atom. The first kappa shape index (κ1) is 13.9. The van der Waals surface area contributed by atoms with E-state index in [2.05, 4.69) is 10.3 Å². The fraction of sp³-hybridized carbons (Fsp3) is 0.533. The number of aromatic nitrogens is 2. The number of fused-ring (bicyclic) bond motifs is 2. The van der Waals surface area contributed by atoms with Gasteiger partial charge in [-0.3, -0.25) is 9.59 Å². The van der Waals surface area contributed by atoms with Gasteiger partial charge in [-0.15, -0.1) is 0 Å². The SMILES string of the molecule is O=C(NCCCn1ccnc1)[C@@H]1[C@H](C(=O)O)[C@@H]2C=C[C@H]1C2. The van der Waals surface area contributed by atoms with Gasteiger partial charge >= 0.3 is 5.97 Å². The van der Waals surface area contributed by atoms with Crippen molar-refractivity contribution in [3.8, 4) is 0 Å². The molecule has 1 heterocycles. The normalized spacial score (nSPS) is 29.7. The summed E-state index contributed by atoms with van der Waals surface area (Å²) in [4.78, 5) is 27.6. The number of carbonyl (C=O) groups is 2. The zero-order valence-electron chi connectivity index (χ0n) is 11.7. The molecular weight excluding hydrogens is 270 g/mol. The van der Waals surface area contributed by atoms with E-state index in [0.29, 0.717) is 6.54 Å². The number of carboxylic acid groups (broad SMARTS) is 1. The summed E-state index contributed by atoms with van der Waals surface area (Å²) >= 11 is 0. The Kier molecular flexibility index (Phi) is 3.77. The summed E-state index contributed by atoms with van der Waals surface area (Å²) in [5.41, 5.74) is 0. The molecule has 6 heteroatoms. The number of allylic oxidation sites excluding steroid dienone is 2. The molecule has 2 aliphatic rings. The first-order chi connectivity index (χ1) is 10.2. The van der Waals surface area contributed by atoms with Gasteiger partial charge in [0.05, 0.1) is 18.2 Å². The van der Waals surface area contributed by atoms with Gasteiger partial charge in [-0.05, 0) is 24.7 Å². The Morgan fingerprint density at radius 3 is 2.71 bits per heavy atom. The van der Waals surface area contributed by atoms with Crippen LogP contribution >= 0.6 is 0 Å². The lowest BCUT2D eigenvalue weighted by atomic mass is 9.82. The third-order valence-corrected chi connectivity index (χ3v) is 4.50. The Hall–Kier alpha value is -2.11. The Morgan fingerprint density at radius 1 is 1.29 bits per heavy atom. The second kappa shape index (κ2) is 5.71. The zero-order chi connectivity index (χ0) is 14.8. The third kappa shape index (κ3) is 2.70.